The molecule has 2 aromatic rings. The second-order valence-electron chi connectivity index (χ2n) is 5.48. The van der Waals surface area contributed by atoms with Gasteiger partial charge in [0, 0.05) is 11.1 Å². The van der Waals surface area contributed by atoms with E-state index in [0.29, 0.717) is 29.0 Å². The Morgan fingerprint density at radius 1 is 1.04 bits per heavy atom. The Kier molecular flexibility index (Phi) is 5.84. The van der Waals surface area contributed by atoms with E-state index in [1.165, 1.54) is 0 Å². The Morgan fingerprint density at radius 3 is 2.26 bits per heavy atom. The highest BCUT2D eigenvalue weighted by molar-refractivity contribution is 6.12. The predicted octanol–water partition coefficient (Wildman–Crippen LogP) is 3.07. The van der Waals surface area contributed by atoms with Crippen molar-refractivity contribution in [3.63, 3.8) is 0 Å². The van der Waals surface area contributed by atoms with Gasteiger partial charge >= 0.3 is 18.1 Å². The molecule has 0 amide bonds. The minimum Gasteiger partial charge on any atom is -0.488 e. The first-order chi connectivity index (χ1) is 12.6. The van der Waals surface area contributed by atoms with Crippen LogP contribution in [0.15, 0.2) is 42.5 Å². The number of rotatable bonds is 2. The smallest absolute Gasteiger partial charge is 0.488 e. The summed E-state index contributed by atoms with van der Waals surface area (Å²) in [6.45, 7) is 0.340. The van der Waals surface area contributed by atoms with Crippen molar-refractivity contribution in [2.45, 2.75) is 19.2 Å². The molecule has 0 atom stereocenters. The normalized spacial score (nSPS) is 12.5. The van der Waals surface area contributed by atoms with Gasteiger partial charge in [0.25, 0.3) is 0 Å². The SMILES string of the molecule is O=C(O)C(F)(F)F.O=C(O)Cc1ccc2c(c1)C(=O)c1ccccc1CO2. The molecular weight excluding hydrogens is 369 g/mol. The fourth-order valence-electron chi connectivity index (χ4n) is 2.33. The van der Waals surface area contributed by atoms with E-state index >= 15 is 0 Å². The van der Waals surface area contributed by atoms with Crippen LogP contribution in [0.3, 0.4) is 0 Å². The Balaban J connectivity index is 0.000000321. The van der Waals surface area contributed by atoms with Crippen molar-refractivity contribution >= 4 is 17.7 Å². The van der Waals surface area contributed by atoms with E-state index < -0.39 is 18.1 Å². The molecule has 0 bridgehead atoms. The third-order valence-electron chi connectivity index (χ3n) is 3.53. The first-order valence-corrected chi connectivity index (χ1v) is 7.50. The minimum atomic E-state index is -5.08. The maximum atomic E-state index is 12.5. The highest BCUT2D eigenvalue weighted by Gasteiger charge is 2.38. The zero-order chi connectivity index (χ0) is 20.2. The molecule has 2 aromatic carbocycles. The number of fused-ring (bicyclic) bond motifs is 2. The number of alkyl halides is 3. The second kappa shape index (κ2) is 7.90. The number of hydrogen-bond donors (Lipinski definition) is 2. The maximum absolute atomic E-state index is 12.5. The zero-order valence-corrected chi connectivity index (χ0v) is 13.6. The second-order valence-corrected chi connectivity index (χ2v) is 5.48. The minimum absolute atomic E-state index is 0.109. The lowest BCUT2D eigenvalue weighted by atomic mass is 9.97. The largest absolute Gasteiger partial charge is 0.490 e. The van der Waals surface area contributed by atoms with Crippen LogP contribution in [0.2, 0.25) is 0 Å². The van der Waals surface area contributed by atoms with Gasteiger partial charge in [0.15, 0.2) is 5.78 Å². The van der Waals surface area contributed by atoms with Crippen LogP contribution in [0.1, 0.15) is 27.0 Å². The molecule has 0 unspecified atom stereocenters. The Labute approximate surface area is 150 Å². The van der Waals surface area contributed by atoms with Gasteiger partial charge in [-0.15, -0.1) is 0 Å². The van der Waals surface area contributed by atoms with E-state index in [9.17, 15) is 22.8 Å². The number of ether oxygens (including phenoxy) is 1. The molecule has 1 heterocycles. The summed E-state index contributed by atoms with van der Waals surface area (Å²) in [5, 5.41) is 16.0. The van der Waals surface area contributed by atoms with Gasteiger partial charge in [-0.25, -0.2) is 4.79 Å². The van der Waals surface area contributed by atoms with E-state index in [1.807, 2.05) is 18.2 Å². The van der Waals surface area contributed by atoms with Gasteiger partial charge in [-0.2, -0.15) is 13.2 Å². The topological polar surface area (TPSA) is 101 Å². The molecule has 6 nitrogen and oxygen atoms in total. The third-order valence-corrected chi connectivity index (χ3v) is 3.53. The molecule has 2 N–H and O–H groups in total. The van der Waals surface area contributed by atoms with Gasteiger partial charge < -0.3 is 14.9 Å². The van der Waals surface area contributed by atoms with Crippen LogP contribution in [0.4, 0.5) is 13.2 Å². The van der Waals surface area contributed by atoms with Gasteiger partial charge in [-0.1, -0.05) is 30.3 Å². The molecule has 0 radical (unpaired) electrons. The van der Waals surface area contributed by atoms with E-state index in [-0.39, 0.29) is 12.2 Å². The first kappa shape index (κ1) is 20.0. The first-order valence-electron chi connectivity index (χ1n) is 7.50. The van der Waals surface area contributed by atoms with E-state index in [2.05, 4.69) is 0 Å². The van der Waals surface area contributed by atoms with Crippen LogP contribution in [-0.4, -0.2) is 34.1 Å². The van der Waals surface area contributed by atoms with Gasteiger partial charge in [0.05, 0.1) is 12.0 Å². The lowest BCUT2D eigenvalue weighted by molar-refractivity contribution is -0.192. The number of benzene rings is 2. The van der Waals surface area contributed by atoms with E-state index in [0.717, 1.165) is 5.56 Å². The number of halogens is 3. The van der Waals surface area contributed by atoms with Crippen LogP contribution in [0, 0.1) is 0 Å². The molecule has 142 valence electrons. The predicted molar refractivity (Wildman–Crippen MR) is 85.7 cm³/mol. The lowest BCUT2D eigenvalue weighted by Gasteiger charge is -2.07. The number of carbonyl (C=O) groups is 3. The summed E-state index contributed by atoms with van der Waals surface area (Å²) in [6, 6.07) is 12.2. The average molecular weight is 382 g/mol. The molecule has 0 spiro atoms. The van der Waals surface area contributed by atoms with Gasteiger partial charge in [-0.3, -0.25) is 9.59 Å². The summed E-state index contributed by atoms with van der Waals surface area (Å²) in [6.07, 6.45) is -5.19. The van der Waals surface area contributed by atoms with Crippen molar-refractivity contribution in [1.82, 2.24) is 0 Å². The molecule has 1 aliphatic heterocycles. The molecule has 0 aliphatic carbocycles. The molecule has 9 heteroatoms. The molecule has 0 saturated carbocycles. The van der Waals surface area contributed by atoms with Crippen molar-refractivity contribution in [2.75, 3.05) is 0 Å². The summed E-state index contributed by atoms with van der Waals surface area (Å²) >= 11 is 0. The summed E-state index contributed by atoms with van der Waals surface area (Å²) in [5.41, 5.74) is 2.47. The van der Waals surface area contributed by atoms with Crippen LogP contribution in [0.25, 0.3) is 0 Å². The number of aliphatic carboxylic acids is 2. The van der Waals surface area contributed by atoms with Crippen LogP contribution in [-0.2, 0) is 22.6 Å². The number of carboxylic acid groups (broad SMARTS) is 2. The third kappa shape index (κ3) is 5.06. The maximum Gasteiger partial charge on any atom is 0.490 e. The average Bonchev–Trinajstić information content (AvgIpc) is 2.72. The lowest BCUT2D eigenvalue weighted by Crippen LogP contribution is -2.21. The van der Waals surface area contributed by atoms with E-state index in [4.69, 9.17) is 19.7 Å². The Bertz CT molecular complexity index is 889. The van der Waals surface area contributed by atoms with Gasteiger partial charge in [0.1, 0.15) is 12.4 Å². The van der Waals surface area contributed by atoms with E-state index in [1.54, 1.807) is 24.3 Å². The molecule has 1 aliphatic rings. The highest BCUT2D eigenvalue weighted by atomic mass is 19.4. The summed E-state index contributed by atoms with van der Waals surface area (Å²) in [4.78, 5) is 32.2. The number of carboxylic acids is 2. The summed E-state index contributed by atoms with van der Waals surface area (Å²) < 4.78 is 37.4. The number of carbonyl (C=O) groups excluding carboxylic acids is 1. The number of hydrogen-bond acceptors (Lipinski definition) is 4. The van der Waals surface area contributed by atoms with Gasteiger partial charge in [0.2, 0.25) is 0 Å². The molecule has 0 saturated heterocycles. The van der Waals surface area contributed by atoms with Crippen LogP contribution in [0.5, 0.6) is 5.75 Å². The zero-order valence-electron chi connectivity index (χ0n) is 13.6. The van der Waals surface area contributed by atoms with Crippen LogP contribution >= 0.6 is 0 Å². The molecular formula is C18H13F3O6. The monoisotopic (exact) mass is 382 g/mol. The Hall–Kier alpha value is -3.36. The summed E-state index contributed by atoms with van der Waals surface area (Å²) in [5.74, 6) is -3.31. The quantitative estimate of drug-likeness (QED) is 0.828. The fraction of sp³-hybridized carbons (Fsp3) is 0.167. The molecule has 27 heavy (non-hydrogen) atoms. The Morgan fingerprint density at radius 2 is 1.67 bits per heavy atom. The van der Waals surface area contributed by atoms with Crippen molar-refractivity contribution in [2.24, 2.45) is 0 Å². The number of ketones is 1. The fourth-order valence-corrected chi connectivity index (χ4v) is 2.33. The molecule has 0 fully saturated rings. The van der Waals surface area contributed by atoms with Crippen molar-refractivity contribution in [1.29, 1.82) is 0 Å². The van der Waals surface area contributed by atoms with Crippen molar-refractivity contribution in [3.05, 3.63) is 64.7 Å². The van der Waals surface area contributed by atoms with Crippen molar-refractivity contribution in [3.8, 4) is 5.75 Å². The molecule has 0 aromatic heterocycles. The van der Waals surface area contributed by atoms with Crippen molar-refractivity contribution < 1.29 is 42.5 Å². The summed E-state index contributed by atoms with van der Waals surface area (Å²) in [7, 11) is 0. The standard InChI is InChI=1S/C16H12O4.C2HF3O2/c17-15(18)8-10-5-6-14-13(7-10)16(19)12-4-2-1-3-11(12)9-20-14;3-2(4,5)1(6)7/h1-7H,8-9H2,(H,17,18);(H,6,7). The van der Waals surface area contributed by atoms with Crippen LogP contribution < -0.4 is 4.74 Å². The van der Waals surface area contributed by atoms with Gasteiger partial charge in [-0.05, 0) is 17.7 Å². The molecule has 3 rings (SSSR count). The highest BCUT2D eigenvalue weighted by Crippen LogP contribution is 2.29.